The van der Waals surface area contributed by atoms with Gasteiger partial charge in [0, 0.05) is 11.1 Å². The van der Waals surface area contributed by atoms with Crippen LogP contribution in [0.15, 0.2) is 146 Å². The lowest BCUT2D eigenvalue weighted by atomic mass is 9.12. The van der Waals surface area contributed by atoms with E-state index in [1.165, 1.54) is 87.3 Å². The van der Waals surface area contributed by atoms with Crippen molar-refractivity contribution in [1.82, 2.24) is 4.98 Å². The fourth-order valence-corrected chi connectivity index (χ4v) is 10.3. The van der Waals surface area contributed by atoms with Crippen LogP contribution in [0.3, 0.4) is 0 Å². The molecule has 0 atom stereocenters. The van der Waals surface area contributed by atoms with Crippen LogP contribution in [-0.2, 0) is 62.4 Å². The summed E-state index contributed by atoms with van der Waals surface area (Å²) in [5, 5.41) is 0. The minimum atomic E-state index is -6.13. The molecule has 0 unspecified atom stereocenters. The quantitative estimate of drug-likeness (QED) is 0.0362. The number of aromatic nitrogens is 2. The Bertz CT molecular complexity index is 2990. The molecule has 0 aliphatic heterocycles. The number of nitrogens with zero attached hydrogens (tertiary/aromatic N) is 2. The van der Waals surface area contributed by atoms with E-state index in [9.17, 15) is 105 Å². The third-order valence-corrected chi connectivity index (χ3v) is 14.5. The van der Waals surface area contributed by atoms with E-state index in [4.69, 9.17) is 0 Å². The maximum Gasteiger partial charge on any atom is 0.416 e. The van der Waals surface area contributed by atoms with Crippen LogP contribution in [0.25, 0.3) is 11.3 Å². The van der Waals surface area contributed by atoms with Crippen LogP contribution in [0.1, 0.15) is 127 Å². The summed E-state index contributed by atoms with van der Waals surface area (Å²) in [6.07, 6.45) is -33.8. The fraction of sp³-hybridized carbons (Fsp3) is 0.344. The molecule has 1 aromatic heterocycles. The van der Waals surface area contributed by atoms with E-state index in [1.54, 1.807) is 0 Å². The Morgan fingerprint density at radius 3 is 0.932 bits per heavy atom. The molecule has 0 amide bonds. The van der Waals surface area contributed by atoms with Gasteiger partial charge in [-0.15, -0.1) is 0 Å². The van der Waals surface area contributed by atoms with Crippen molar-refractivity contribution in [3.8, 4) is 11.3 Å². The summed E-state index contributed by atoms with van der Waals surface area (Å²) in [5.74, 6) is 0. The molecule has 0 saturated heterocycles. The van der Waals surface area contributed by atoms with Crippen molar-refractivity contribution in [2.45, 2.75) is 134 Å². The van der Waals surface area contributed by atoms with Crippen LogP contribution in [0.4, 0.5) is 105 Å². The highest BCUT2D eigenvalue weighted by Crippen LogP contribution is 2.42. The van der Waals surface area contributed by atoms with Gasteiger partial charge in [-0.3, -0.25) is 4.98 Å². The van der Waals surface area contributed by atoms with Crippen LogP contribution in [0.2, 0.25) is 0 Å². The number of alkyl halides is 24. The van der Waals surface area contributed by atoms with Gasteiger partial charge in [-0.05, 0) is 54.8 Å². The summed E-state index contributed by atoms with van der Waals surface area (Å²) in [4.78, 5) is 4.37. The molecule has 0 aliphatic carbocycles. The molecule has 0 saturated carbocycles. The summed E-state index contributed by atoms with van der Waals surface area (Å²) in [5.41, 5.74) is -25.1. The summed E-state index contributed by atoms with van der Waals surface area (Å²) in [6, 6.07) is 10.9. The van der Waals surface area contributed by atoms with Gasteiger partial charge in [-0.2, -0.15) is 132 Å². The highest BCUT2D eigenvalue weighted by Gasteiger charge is 2.47. The summed E-state index contributed by atoms with van der Waals surface area (Å²) in [6.45, 7) is 3.15. The average Bonchev–Trinajstić information content (AvgIpc) is 0.747. The monoisotopic (exact) mass is 1280 g/mol. The zero-order valence-electron chi connectivity index (χ0n) is 45.9. The minimum Gasteiger partial charge on any atom is -0.252 e. The van der Waals surface area contributed by atoms with Crippen LogP contribution in [-0.4, -0.2) is 11.1 Å². The third kappa shape index (κ3) is 18.2. The molecule has 6 aromatic carbocycles. The van der Waals surface area contributed by atoms with Crippen molar-refractivity contribution in [2.75, 3.05) is 0 Å². The number of aryl methyl sites for hydroxylation is 1. The molecule has 0 radical (unpaired) electrons. The van der Waals surface area contributed by atoms with Crippen molar-refractivity contribution in [3.63, 3.8) is 0 Å². The lowest BCUT2D eigenvalue weighted by Crippen LogP contribution is -2.75. The van der Waals surface area contributed by atoms with Crippen molar-refractivity contribution in [3.05, 3.63) is 202 Å². The van der Waals surface area contributed by atoms with E-state index in [-0.39, 0.29) is 0 Å². The molecule has 7 aromatic rings. The number of benzene rings is 6. The van der Waals surface area contributed by atoms with E-state index in [2.05, 4.69) is 77.3 Å². The largest absolute Gasteiger partial charge is 0.416 e. The predicted molar refractivity (Wildman–Crippen MR) is 281 cm³/mol. The molecule has 7 rings (SSSR count). The molecule has 0 bridgehead atoms. The van der Waals surface area contributed by atoms with Gasteiger partial charge in [0.05, 0.1) is 56.9 Å². The highest BCUT2D eigenvalue weighted by molar-refractivity contribution is 7.20. The van der Waals surface area contributed by atoms with Crippen LogP contribution < -0.4 is 26.4 Å². The Balaban J connectivity index is 0.000000334. The fourth-order valence-electron chi connectivity index (χ4n) is 10.3. The molecular weight excluding hydrogens is 1230 g/mol. The minimum absolute atomic E-state index is 0.691. The zero-order chi connectivity index (χ0) is 65.5. The van der Waals surface area contributed by atoms with Gasteiger partial charge in [0.2, 0.25) is 5.69 Å². The first-order valence-corrected chi connectivity index (χ1v) is 27.0. The standard InChI is InChI=1S/C32H12BF24.C29H39N2/c34-25(35,36)13-1-14(26(37,38)39)6-21(5-13)33(22-7-15(27(40,41)42)2-16(8-22)28(43,44)45,23-9-17(29(46,47)48)3-18(10-23)30(49,50)51)24-11-19(31(52,53)54)4-20(12-24)32(55,56)57;1-2-3-4-5-6-7-8-9-10-12-15-26-18-20-28(21-19-26)29-24-30-22-23-31(29)25-27-16-13-11-14-17-27/h1-12H;11,13-14,16-24H,2-10,12,15,25H2,1H3/q-1;+1. The number of hydrogen-bond donors (Lipinski definition) is 0. The van der Waals surface area contributed by atoms with Gasteiger partial charge in [-0.1, -0.05) is 156 Å². The van der Waals surface area contributed by atoms with Crippen molar-refractivity contribution >= 4 is 28.0 Å². The summed E-state index contributed by atoms with van der Waals surface area (Å²) in [7, 11) is 0. The Labute approximate surface area is 488 Å². The second kappa shape index (κ2) is 27.3. The molecule has 2 nitrogen and oxygen atoms in total. The van der Waals surface area contributed by atoms with Crippen LogP contribution >= 0.6 is 0 Å². The van der Waals surface area contributed by atoms with Crippen molar-refractivity contribution in [1.29, 1.82) is 0 Å². The number of hydrogen-bond acceptors (Lipinski definition) is 1. The Kier molecular flexibility index (Phi) is 21.6. The van der Waals surface area contributed by atoms with E-state index in [0.717, 1.165) is 12.2 Å². The van der Waals surface area contributed by atoms with Gasteiger partial charge >= 0.3 is 49.4 Å². The molecule has 0 N–H and O–H groups in total. The van der Waals surface area contributed by atoms with Crippen molar-refractivity contribution < 1.29 is 110 Å². The van der Waals surface area contributed by atoms with Crippen LogP contribution in [0.5, 0.6) is 0 Å². The topological polar surface area (TPSA) is 16.8 Å². The molecule has 0 aliphatic rings. The van der Waals surface area contributed by atoms with Gasteiger partial charge in [0.1, 0.15) is 6.15 Å². The third-order valence-electron chi connectivity index (χ3n) is 14.5. The van der Waals surface area contributed by atoms with Gasteiger partial charge in [0.15, 0.2) is 12.7 Å². The first-order chi connectivity index (χ1) is 40.6. The normalized spacial score (nSPS) is 13.1. The lowest BCUT2D eigenvalue weighted by Gasteiger charge is -2.46. The Morgan fingerprint density at radius 1 is 0.341 bits per heavy atom. The van der Waals surface area contributed by atoms with E-state index >= 15 is 0 Å². The molecule has 0 spiro atoms. The molecule has 1 heterocycles. The van der Waals surface area contributed by atoms with Gasteiger partial charge in [-0.25, -0.2) is 0 Å². The van der Waals surface area contributed by atoms with Gasteiger partial charge in [0.25, 0.3) is 0 Å². The maximum atomic E-state index is 14.2. The summed E-state index contributed by atoms with van der Waals surface area (Å²) >= 11 is 0. The first-order valence-electron chi connectivity index (χ1n) is 27.0. The number of unbranched alkanes of at least 4 members (excludes halogenated alkanes) is 9. The van der Waals surface area contributed by atoms with Gasteiger partial charge < -0.3 is 0 Å². The zero-order valence-corrected chi connectivity index (χ0v) is 45.9. The highest BCUT2D eigenvalue weighted by atomic mass is 19.4. The molecule has 0 fully saturated rings. The first kappa shape index (κ1) is 69.9. The van der Waals surface area contributed by atoms with Crippen molar-refractivity contribution in [2.24, 2.45) is 0 Å². The van der Waals surface area contributed by atoms with Crippen LogP contribution in [0, 0.1) is 0 Å². The molecular formula is C61H51BF24N2. The Morgan fingerprint density at radius 2 is 0.636 bits per heavy atom. The number of halogens is 24. The molecule has 476 valence electrons. The van der Waals surface area contributed by atoms with E-state index in [1.807, 2.05) is 12.4 Å². The van der Waals surface area contributed by atoms with E-state index in [0.29, 0.717) is 0 Å². The smallest absolute Gasteiger partial charge is 0.252 e. The van der Waals surface area contributed by atoms with E-state index < -0.39 is 195 Å². The predicted octanol–water partition coefficient (Wildman–Crippen LogP) is 18.8. The summed E-state index contributed by atoms with van der Waals surface area (Å²) < 4.78 is 343. The average molecular weight is 1280 g/mol. The second-order valence-corrected chi connectivity index (χ2v) is 20.9. The second-order valence-electron chi connectivity index (χ2n) is 20.9. The Hall–Kier alpha value is -7.22. The molecule has 27 heteroatoms. The maximum absolute atomic E-state index is 14.2. The number of rotatable bonds is 18. The lowest BCUT2D eigenvalue weighted by molar-refractivity contribution is -0.678. The SMILES string of the molecule is CCCCCCCCCCCCc1ccc(-c2cncc[n+]2Cc2ccccc2)cc1.FC(F)(F)c1cc([B-](c2cc(C(F)(F)F)cc(C(F)(F)F)c2)(c2cc(C(F)(F)F)cc(C(F)(F)F)c2)c2cc(C(F)(F)F)cc(C(F)(F)F)c2)cc(C(F)(F)F)c1. The molecule has 88 heavy (non-hydrogen) atoms.